The summed E-state index contributed by atoms with van der Waals surface area (Å²) in [4.78, 5) is 11.8. The first-order valence-corrected chi connectivity index (χ1v) is 6.22. The maximum atomic E-state index is 11.8. The van der Waals surface area contributed by atoms with Gasteiger partial charge in [-0.15, -0.1) is 0 Å². The lowest BCUT2D eigenvalue weighted by molar-refractivity contribution is 0.0886. The van der Waals surface area contributed by atoms with Crippen molar-refractivity contribution >= 4 is 11.6 Å². The van der Waals surface area contributed by atoms with Gasteiger partial charge in [-0.05, 0) is 30.5 Å². The van der Waals surface area contributed by atoms with Crippen LogP contribution in [-0.4, -0.2) is 25.7 Å². The van der Waals surface area contributed by atoms with Crippen LogP contribution in [0.4, 0.5) is 5.69 Å². The van der Waals surface area contributed by atoms with E-state index in [4.69, 9.17) is 10.5 Å². The van der Waals surface area contributed by atoms with Gasteiger partial charge in [0.15, 0.2) is 0 Å². The first-order valence-electron chi connectivity index (χ1n) is 6.22. The minimum Gasteiger partial charge on any atom is -0.398 e. The second-order valence-electron chi connectivity index (χ2n) is 4.80. The van der Waals surface area contributed by atoms with Crippen molar-refractivity contribution in [3.05, 3.63) is 29.3 Å². The number of nitrogens with two attached hydrogens (primary N) is 1. The quantitative estimate of drug-likeness (QED) is 0.599. The van der Waals surface area contributed by atoms with Gasteiger partial charge >= 0.3 is 0 Å². The molecular weight excluding hydrogens is 228 g/mol. The van der Waals surface area contributed by atoms with Gasteiger partial charge in [0, 0.05) is 24.4 Å². The van der Waals surface area contributed by atoms with Crippen LogP contribution in [0.2, 0.25) is 0 Å². The topological polar surface area (TPSA) is 64.3 Å². The standard InChI is InChI=1S/C14H22N2O2/c1-10(2)9-18-7-6-16-14(17)12-5-4-11(3)13(15)8-12/h4-5,8,10H,6-7,9,15H2,1-3H3,(H,16,17). The zero-order valence-electron chi connectivity index (χ0n) is 11.3. The van der Waals surface area contributed by atoms with Gasteiger partial charge in [-0.3, -0.25) is 4.79 Å². The number of carbonyl (C=O) groups excluding carboxylic acids is 1. The molecular formula is C14H22N2O2. The lowest BCUT2D eigenvalue weighted by Crippen LogP contribution is -2.27. The third-order valence-electron chi connectivity index (χ3n) is 2.52. The molecule has 100 valence electrons. The van der Waals surface area contributed by atoms with Gasteiger partial charge in [-0.1, -0.05) is 19.9 Å². The molecule has 1 amide bonds. The van der Waals surface area contributed by atoms with E-state index in [0.717, 1.165) is 5.56 Å². The lowest BCUT2D eigenvalue weighted by Gasteiger charge is -2.09. The number of benzene rings is 1. The Morgan fingerprint density at radius 1 is 1.44 bits per heavy atom. The molecule has 0 atom stereocenters. The van der Waals surface area contributed by atoms with Crippen LogP contribution in [0.1, 0.15) is 29.8 Å². The van der Waals surface area contributed by atoms with Crippen molar-refractivity contribution in [2.24, 2.45) is 5.92 Å². The van der Waals surface area contributed by atoms with Crippen LogP contribution in [0.3, 0.4) is 0 Å². The number of ether oxygens (including phenoxy) is 1. The van der Waals surface area contributed by atoms with E-state index in [0.29, 0.717) is 36.9 Å². The molecule has 1 aromatic rings. The molecule has 1 rings (SSSR count). The molecule has 18 heavy (non-hydrogen) atoms. The van der Waals surface area contributed by atoms with Gasteiger partial charge in [-0.25, -0.2) is 0 Å². The zero-order valence-corrected chi connectivity index (χ0v) is 11.3. The highest BCUT2D eigenvalue weighted by atomic mass is 16.5. The van der Waals surface area contributed by atoms with E-state index in [9.17, 15) is 4.79 Å². The van der Waals surface area contributed by atoms with E-state index >= 15 is 0 Å². The number of nitrogen functional groups attached to an aromatic ring is 1. The molecule has 1 aromatic carbocycles. The minimum atomic E-state index is -0.116. The van der Waals surface area contributed by atoms with E-state index in [1.807, 2.05) is 13.0 Å². The van der Waals surface area contributed by atoms with Gasteiger partial charge in [0.1, 0.15) is 0 Å². The molecule has 0 heterocycles. The average molecular weight is 250 g/mol. The van der Waals surface area contributed by atoms with Crippen LogP contribution in [-0.2, 0) is 4.74 Å². The van der Waals surface area contributed by atoms with Gasteiger partial charge in [0.25, 0.3) is 5.91 Å². The largest absolute Gasteiger partial charge is 0.398 e. The van der Waals surface area contributed by atoms with Crippen molar-refractivity contribution in [3.63, 3.8) is 0 Å². The number of amides is 1. The summed E-state index contributed by atoms with van der Waals surface area (Å²) in [5.41, 5.74) is 7.96. The molecule has 0 unspecified atom stereocenters. The van der Waals surface area contributed by atoms with Gasteiger partial charge < -0.3 is 15.8 Å². The molecule has 4 heteroatoms. The molecule has 3 N–H and O–H groups in total. The fourth-order valence-electron chi connectivity index (χ4n) is 1.44. The second kappa shape index (κ2) is 7.01. The Morgan fingerprint density at radius 3 is 2.78 bits per heavy atom. The number of rotatable bonds is 6. The van der Waals surface area contributed by atoms with Gasteiger partial charge in [0.05, 0.1) is 6.61 Å². The second-order valence-corrected chi connectivity index (χ2v) is 4.80. The molecule has 0 aliphatic carbocycles. The minimum absolute atomic E-state index is 0.116. The van der Waals surface area contributed by atoms with Crippen molar-refractivity contribution in [3.8, 4) is 0 Å². The Balaban J connectivity index is 2.34. The summed E-state index contributed by atoms with van der Waals surface area (Å²) in [6, 6.07) is 5.31. The molecule has 0 aromatic heterocycles. The summed E-state index contributed by atoms with van der Waals surface area (Å²) >= 11 is 0. The maximum Gasteiger partial charge on any atom is 0.251 e. The molecule has 0 saturated heterocycles. The molecule has 0 radical (unpaired) electrons. The summed E-state index contributed by atoms with van der Waals surface area (Å²) in [7, 11) is 0. The average Bonchev–Trinajstić information content (AvgIpc) is 2.31. The fourth-order valence-corrected chi connectivity index (χ4v) is 1.44. The Hall–Kier alpha value is -1.55. The monoisotopic (exact) mass is 250 g/mol. The van der Waals surface area contributed by atoms with E-state index in [-0.39, 0.29) is 5.91 Å². The number of hydrogen-bond acceptors (Lipinski definition) is 3. The Labute approximate surface area is 109 Å². The van der Waals surface area contributed by atoms with Crippen LogP contribution >= 0.6 is 0 Å². The first kappa shape index (κ1) is 14.5. The number of nitrogens with one attached hydrogen (secondary N) is 1. The SMILES string of the molecule is Cc1ccc(C(=O)NCCOCC(C)C)cc1N. The van der Waals surface area contributed by atoms with Crippen LogP contribution < -0.4 is 11.1 Å². The summed E-state index contributed by atoms with van der Waals surface area (Å²) < 4.78 is 5.38. The Bertz CT molecular complexity index is 403. The number of aryl methyl sites for hydroxylation is 1. The summed E-state index contributed by atoms with van der Waals surface area (Å²) in [5.74, 6) is 0.396. The lowest BCUT2D eigenvalue weighted by atomic mass is 10.1. The first-order chi connectivity index (χ1) is 8.50. The van der Waals surface area contributed by atoms with Crippen LogP contribution in [0.25, 0.3) is 0 Å². The molecule has 0 fully saturated rings. The van der Waals surface area contributed by atoms with Crippen molar-refractivity contribution in [1.29, 1.82) is 0 Å². The molecule has 0 aliphatic heterocycles. The predicted molar refractivity (Wildman–Crippen MR) is 73.6 cm³/mol. The van der Waals surface area contributed by atoms with E-state index in [1.54, 1.807) is 12.1 Å². The van der Waals surface area contributed by atoms with E-state index in [1.165, 1.54) is 0 Å². The smallest absolute Gasteiger partial charge is 0.251 e. The van der Waals surface area contributed by atoms with Crippen LogP contribution in [0.5, 0.6) is 0 Å². The number of anilines is 1. The Kier molecular flexibility index (Phi) is 5.65. The molecule has 0 saturated carbocycles. The van der Waals surface area contributed by atoms with Crippen LogP contribution in [0.15, 0.2) is 18.2 Å². The maximum absolute atomic E-state index is 11.8. The van der Waals surface area contributed by atoms with E-state index < -0.39 is 0 Å². The van der Waals surface area contributed by atoms with Gasteiger partial charge in [-0.2, -0.15) is 0 Å². The summed E-state index contributed by atoms with van der Waals surface area (Å²) in [6.45, 7) is 7.86. The molecule has 0 aliphatic rings. The number of hydrogen-bond donors (Lipinski definition) is 2. The van der Waals surface area contributed by atoms with Crippen LogP contribution in [0, 0.1) is 12.8 Å². The highest BCUT2D eigenvalue weighted by Gasteiger charge is 2.06. The van der Waals surface area contributed by atoms with Crippen molar-refractivity contribution in [2.75, 3.05) is 25.5 Å². The number of carbonyl (C=O) groups is 1. The van der Waals surface area contributed by atoms with Crippen molar-refractivity contribution in [1.82, 2.24) is 5.32 Å². The third-order valence-corrected chi connectivity index (χ3v) is 2.52. The third kappa shape index (κ3) is 4.75. The summed E-state index contributed by atoms with van der Waals surface area (Å²) in [5, 5.41) is 2.80. The molecule has 0 bridgehead atoms. The summed E-state index contributed by atoms with van der Waals surface area (Å²) in [6.07, 6.45) is 0. The normalized spacial score (nSPS) is 10.7. The van der Waals surface area contributed by atoms with Crippen molar-refractivity contribution < 1.29 is 9.53 Å². The fraction of sp³-hybridized carbons (Fsp3) is 0.500. The van der Waals surface area contributed by atoms with Gasteiger partial charge in [0.2, 0.25) is 0 Å². The predicted octanol–water partition coefficient (Wildman–Crippen LogP) is 1.98. The zero-order chi connectivity index (χ0) is 13.5. The highest BCUT2D eigenvalue weighted by molar-refractivity contribution is 5.95. The van der Waals surface area contributed by atoms with E-state index in [2.05, 4.69) is 19.2 Å². The Morgan fingerprint density at radius 2 is 2.17 bits per heavy atom. The molecule has 0 spiro atoms. The highest BCUT2D eigenvalue weighted by Crippen LogP contribution is 2.12. The van der Waals surface area contributed by atoms with Crippen molar-refractivity contribution in [2.45, 2.75) is 20.8 Å². The molecule has 4 nitrogen and oxygen atoms in total.